The van der Waals surface area contributed by atoms with E-state index in [1.54, 1.807) is 30.5 Å². The highest BCUT2D eigenvalue weighted by molar-refractivity contribution is 7.22. The van der Waals surface area contributed by atoms with Crippen LogP contribution in [-0.4, -0.2) is 23.0 Å². The third-order valence-corrected chi connectivity index (χ3v) is 6.54. The zero-order valence-corrected chi connectivity index (χ0v) is 18.7. The predicted octanol–water partition coefficient (Wildman–Crippen LogP) is 6.35. The molecule has 0 spiro atoms. The minimum atomic E-state index is -0.202. The van der Waals surface area contributed by atoms with Gasteiger partial charge in [0.05, 0.1) is 28.9 Å². The Balaban J connectivity index is 1.65. The Kier molecular flexibility index (Phi) is 5.47. The number of pyridine rings is 1. The summed E-state index contributed by atoms with van der Waals surface area (Å²) in [5.41, 5.74) is 2.05. The van der Waals surface area contributed by atoms with Crippen LogP contribution in [-0.2, 0) is 6.54 Å². The van der Waals surface area contributed by atoms with Crippen LogP contribution in [0.4, 0.5) is 5.13 Å². The summed E-state index contributed by atoms with van der Waals surface area (Å²) in [6.45, 7) is 0.320. The first kappa shape index (κ1) is 20.4. The van der Waals surface area contributed by atoms with Crippen LogP contribution in [0.15, 0.2) is 79.1 Å². The summed E-state index contributed by atoms with van der Waals surface area (Å²) in [6, 6.07) is 21.1. The van der Waals surface area contributed by atoms with Gasteiger partial charge in [-0.15, -0.1) is 0 Å². The molecular formula is C25H18ClN3O2S. The molecule has 2 heterocycles. The second-order valence-electron chi connectivity index (χ2n) is 7.24. The Hall–Kier alpha value is -3.48. The van der Waals surface area contributed by atoms with Crippen LogP contribution in [0.5, 0.6) is 5.75 Å². The van der Waals surface area contributed by atoms with Gasteiger partial charge in [0, 0.05) is 12.4 Å². The molecule has 5 rings (SSSR count). The van der Waals surface area contributed by atoms with Crippen molar-refractivity contribution in [2.24, 2.45) is 0 Å². The van der Waals surface area contributed by atoms with Gasteiger partial charge in [-0.2, -0.15) is 0 Å². The normalized spacial score (nSPS) is 11.1. The molecule has 5 aromatic rings. The second kappa shape index (κ2) is 8.57. The molecule has 0 unspecified atom stereocenters. The molecule has 0 radical (unpaired) electrons. The molecule has 3 aromatic carbocycles. The number of benzene rings is 3. The molecule has 0 bridgehead atoms. The maximum atomic E-state index is 13.9. The Morgan fingerprint density at radius 3 is 2.59 bits per heavy atom. The van der Waals surface area contributed by atoms with Crippen LogP contribution in [0.2, 0.25) is 5.02 Å². The number of rotatable bonds is 5. The van der Waals surface area contributed by atoms with Gasteiger partial charge in [-0.3, -0.25) is 14.7 Å². The topological polar surface area (TPSA) is 55.3 Å². The molecule has 0 fully saturated rings. The Labute approximate surface area is 193 Å². The average Bonchev–Trinajstić information content (AvgIpc) is 3.27. The van der Waals surface area contributed by atoms with E-state index in [9.17, 15) is 4.79 Å². The maximum absolute atomic E-state index is 13.9. The molecule has 0 N–H and O–H groups in total. The predicted molar refractivity (Wildman–Crippen MR) is 130 cm³/mol. The second-order valence-corrected chi connectivity index (χ2v) is 8.65. The SMILES string of the molecule is COc1cc2ccccc2cc1C(=O)N(Cc1cccnc1)c1nc2c(Cl)cccc2s1. The van der Waals surface area contributed by atoms with Crippen molar-refractivity contribution in [2.45, 2.75) is 6.54 Å². The number of thiazole rings is 1. The number of fused-ring (bicyclic) bond motifs is 2. The number of para-hydroxylation sites is 1. The number of methoxy groups -OCH3 is 1. The first-order valence-electron chi connectivity index (χ1n) is 9.96. The molecule has 158 valence electrons. The summed E-state index contributed by atoms with van der Waals surface area (Å²) < 4.78 is 6.51. The van der Waals surface area contributed by atoms with Crippen LogP contribution in [0.3, 0.4) is 0 Å². The van der Waals surface area contributed by atoms with Gasteiger partial charge < -0.3 is 4.74 Å². The molecule has 0 aliphatic carbocycles. The first-order chi connectivity index (χ1) is 15.6. The van der Waals surface area contributed by atoms with Crippen molar-refractivity contribution in [3.63, 3.8) is 0 Å². The third-order valence-electron chi connectivity index (χ3n) is 5.20. The zero-order valence-electron chi connectivity index (χ0n) is 17.2. The van der Waals surface area contributed by atoms with Crippen molar-refractivity contribution in [2.75, 3.05) is 12.0 Å². The number of aromatic nitrogens is 2. The van der Waals surface area contributed by atoms with E-state index >= 15 is 0 Å². The van der Waals surface area contributed by atoms with E-state index in [0.29, 0.717) is 33.5 Å². The van der Waals surface area contributed by atoms with E-state index in [1.807, 2.05) is 60.7 Å². The Bertz CT molecular complexity index is 1440. The number of carbonyl (C=O) groups is 1. The van der Waals surface area contributed by atoms with Crippen LogP contribution in [0.25, 0.3) is 21.0 Å². The van der Waals surface area contributed by atoms with Gasteiger partial charge in [-0.05, 0) is 46.7 Å². The lowest BCUT2D eigenvalue weighted by molar-refractivity contribution is 0.0982. The monoisotopic (exact) mass is 459 g/mol. The summed E-state index contributed by atoms with van der Waals surface area (Å²) >= 11 is 7.78. The molecule has 7 heteroatoms. The fourth-order valence-electron chi connectivity index (χ4n) is 3.62. The Morgan fingerprint density at radius 2 is 1.88 bits per heavy atom. The van der Waals surface area contributed by atoms with E-state index in [1.165, 1.54) is 11.3 Å². The lowest BCUT2D eigenvalue weighted by atomic mass is 10.0. The molecule has 2 aromatic heterocycles. The van der Waals surface area contributed by atoms with E-state index in [2.05, 4.69) is 4.98 Å². The molecule has 0 aliphatic rings. The number of ether oxygens (including phenoxy) is 1. The Morgan fingerprint density at radius 1 is 1.06 bits per heavy atom. The lowest BCUT2D eigenvalue weighted by Crippen LogP contribution is -2.30. The number of amides is 1. The molecule has 0 atom stereocenters. The van der Waals surface area contributed by atoms with Crippen molar-refractivity contribution < 1.29 is 9.53 Å². The summed E-state index contributed by atoms with van der Waals surface area (Å²) in [4.78, 5) is 24.4. The van der Waals surface area contributed by atoms with Gasteiger partial charge >= 0.3 is 0 Å². The number of carbonyl (C=O) groups excluding carboxylic acids is 1. The maximum Gasteiger partial charge on any atom is 0.264 e. The highest BCUT2D eigenvalue weighted by Gasteiger charge is 2.25. The highest BCUT2D eigenvalue weighted by Crippen LogP contribution is 2.35. The highest BCUT2D eigenvalue weighted by atomic mass is 35.5. The quantitative estimate of drug-likeness (QED) is 0.307. The van der Waals surface area contributed by atoms with Crippen molar-refractivity contribution in [1.29, 1.82) is 0 Å². The van der Waals surface area contributed by atoms with Gasteiger partial charge in [0.2, 0.25) is 0 Å². The third kappa shape index (κ3) is 3.79. The molecule has 5 nitrogen and oxygen atoms in total. The van der Waals surface area contributed by atoms with E-state index in [-0.39, 0.29) is 5.91 Å². The van der Waals surface area contributed by atoms with Crippen LogP contribution < -0.4 is 9.64 Å². The van der Waals surface area contributed by atoms with E-state index < -0.39 is 0 Å². The summed E-state index contributed by atoms with van der Waals surface area (Å²) in [7, 11) is 1.57. The van der Waals surface area contributed by atoms with Crippen molar-refractivity contribution in [3.8, 4) is 5.75 Å². The fourth-order valence-corrected chi connectivity index (χ4v) is 4.88. The fraction of sp³-hybridized carbons (Fsp3) is 0.0800. The smallest absolute Gasteiger partial charge is 0.264 e. The number of halogens is 1. The molecular weight excluding hydrogens is 442 g/mol. The minimum Gasteiger partial charge on any atom is -0.496 e. The summed E-state index contributed by atoms with van der Waals surface area (Å²) in [6.07, 6.45) is 3.46. The van der Waals surface area contributed by atoms with Gasteiger partial charge in [0.1, 0.15) is 11.3 Å². The van der Waals surface area contributed by atoms with Crippen molar-refractivity contribution >= 4 is 55.0 Å². The van der Waals surface area contributed by atoms with Gasteiger partial charge in [-0.1, -0.05) is 59.3 Å². The van der Waals surface area contributed by atoms with Crippen LogP contribution >= 0.6 is 22.9 Å². The van der Waals surface area contributed by atoms with Gasteiger partial charge in [-0.25, -0.2) is 4.98 Å². The van der Waals surface area contributed by atoms with Gasteiger partial charge in [0.15, 0.2) is 5.13 Å². The van der Waals surface area contributed by atoms with E-state index in [4.69, 9.17) is 21.3 Å². The van der Waals surface area contributed by atoms with Crippen molar-refractivity contribution in [1.82, 2.24) is 9.97 Å². The molecule has 0 saturated heterocycles. The minimum absolute atomic E-state index is 0.202. The number of hydrogen-bond donors (Lipinski definition) is 0. The van der Waals surface area contributed by atoms with Crippen molar-refractivity contribution in [3.05, 3.63) is 95.3 Å². The molecule has 1 amide bonds. The largest absolute Gasteiger partial charge is 0.496 e. The number of hydrogen-bond acceptors (Lipinski definition) is 5. The standard InChI is InChI=1S/C25H18ClN3O2S/c1-31-21-13-18-8-3-2-7-17(18)12-19(21)24(30)29(15-16-6-5-11-27-14-16)25-28-23-20(26)9-4-10-22(23)32-25/h2-14H,15H2,1H3. The first-order valence-corrected chi connectivity index (χ1v) is 11.2. The average molecular weight is 460 g/mol. The molecule has 32 heavy (non-hydrogen) atoms. The molecule has 0 saturated carbocycles. The number of nitrogens with zero attached hydrogens (tertiary/aromatic N) is 3. The lowest BCUT2D eigenvalue weighted by Gasteiger charge is -2.21. The van der Waals surface area contributed by atoms with E-state index in [0.717, 1.165) is 21.0 Å². The summed E-state index contributed by atoms with van der Waals surface area (Å²) in [5, 5.41) is 3.09. The van der Waals surface area contributed by atoms with Crippen LogP contribution in [0, 0.1) is 0 Å². The number of anilines is 1. The molecule has 0 aliphatic heterocycles. The van der Waals surface area contributed by atoms with Crippen LogP contribution in [0.1, 0.15) is 15.9 Å². The summed E-state index contributed by atoms with van der Waals surface area (Å²) in [5.74, 6) is 0.315. The van der Waals surface area contributed by atoms with Gasteiger partial charge in [0.25, 0.3) is 5.91 Å². The zero-order chi connectivity index (χ0) is 22.1.